The van der Waals surface area contributed by atoms with Gasteiger partial charge in [-0.05, 0) is 44.2 Å². The normalized spacial score (nSPS) is 29.0. The van der Waals surface area contributed by atoms with Crippen LogP contribution in [0.4, 0.5) is 10.1 Å². The van der Waals surface area contributed by atoms with E-state index in [0.717, 1.165) is 24.1 Å². The van der Waals surface area contributed by atoms with Gasteiger partial charge in [0, 0.05) is 18.3 Å². The van der Waals surface area contributed by atoms with E-state index in [1.807, 2.05) is 31.2 Å². The number of halogens is 1. The van der Waals surface area contributed by atoms with Crippen LogP contribution in [-0.2, 0) is 0 Å². The Morgan fingerprint density at radius 2 is 2.00 bits per heavy atom. The molecule has 0 aliphatic heterocycles. The molecule has 17 heavy (non-hydrogen) atoms. The quantitative estimate of drug-likeness (QED) is 0.846. The van der Waals surface area contributed by atoms with Crippen molar-refractivity contribution in [3.63, 3.8) is 0 Å². The predicted octanol–water partition coefficient (Wildman–Crippen LogP) is 3.02. The van der Waals surface area contributed by atoms with E-state index < -0.39 is 5.67 Å². The molecule has 0 spiro atoms. The Bertz CT molecular complexity index is 370. The number of rotatable bonds is 3. The summed E-state index contributed by atoms with van der Waals surface area (Å²) in [6, 6.07) is 8.18. The lowest BCUT2D eigenvalue weighted by molar-refractivity contribution is 0.113. The number of para-hydroxylation sites is 1. The number of hydrogen-bond acceptors (Lipinski definition) is 2. The smallest absolute Gasteiger partial charge is 0.128 e. The van der Waals surface area contributed by atoms with Crippen molar-refractivity contribution in [3.8, 4) is 0 Å². The second-order valence-corrected chi connectivity index (χ2v) is 5.16. The molecule has 0 aromatic heterocycles. The zero-order valence-corrected chi connectivity index (χ0v) is 10.4. The summed E-state index contributed by atoms with van der Waals surface area (Å²) in [6.45, 7) is 2.43. The summed E-state index contributed by atoms with van der Waals surface area (Å²) in [5.41, 5.74) is 6.90. The highest BCUT2D eigenvalue weighted by Crippen LogP contribution is 2.31. The molecule has 94 valence electrons. The van der Waals surface area contributed by atoms with Crippen LogP contribution in [0.25, 0.3) is 0 Å². The Morgan fingerprint density at radius 3 is 2.65 bits per heavy atom. The zero-order valence-electron chi connectivity index (χ0n) is 10.4. The summed E-state index contributed by atoms with van der Waals surface area (Å²) in [7, 11) is 0. The third kappa shape index (κ3) is 3.19. The van der Waals surface area contributed by atoms with E-state index in [9.17, 15) is 4.39 Å². The molecule has 3 N–H and O–H groups in total. The highest BCUT2D eigenvalue weighted by molar-refractivity contribution is 5.50. The molecule has 1 aliphatic rings. The van der Waals surface area contributed by atoms with Gasteiger partial charge < -0.3 is 11.1 Å². The van der Waals surface area contributed by atoms with Crippen LogP contribution in [-0.4, -0.2) is 18.3 Å². The van der Waals surface area contributed by atoms with Gasteiger partial charge in [0.1, 0.15) is 5.67 Å². The maximum absolute atomic E-state index is 14.4. The minimum absolute atomic E-state index is 0.192. The van der Waals surface area contributed by atoms with E-state index in [-0.39, 0.29) is 6.04 Å². The highest BCUT2D eigenvalue weighted by atomic mass is 19.1. The molecule has 0 radical (unpaired) electrons. The SMILES string of the molecule is Cc1ccccc1NCC1(F)CCC(N)CC1. The zero-order chi connectivity index (χ0) is 12.3. The van der Waals surface area contributed by atoms with Crippen molar-refractivity contribution in [2.24, 2.45) is 5.73 Å². The van der Waals surface area contributed by atoms with E-state index in [1.54, 1.807) is 0 Å². The molecular formula is C14H21FN2. The molecule has 0 saturated heterocycles. The molecule has 0 atom stereocenters. The number of benzene rings is 1. The molecule has 2 nitrogen and oxygen atoms in total. The molecule has 0 amide bonds. The molecule has 1 aliphatic carbocycles. The molecule has 3 heteroatoms. The molecule has 1 aromatic rings. The van der Waals surface area contributed by atoms with Crippen LogP contribution < -0.4 is 11.1 Å². The fourth-order valence-corrected chi connectivity index (χ4v) is 2.36. The van der Waals surface area contributed by atoms with Gasteiger partial charge in [0.15, 0.2) is 0 Å². The van der Waals surface area contributed by atoms with Crippen molar-refractivity contribution in [3.05, 3.63) is 29.8 Å². The fraction of sp³-hybridized carbons (Fsp3) is 0.571. The summed E-state index contributed by atoms with van der Waals surface area (Å²) < 4.78 is 14.4. The van der Waals surface area contributed by atoms with Gasteiger partial charge in [-0.2, -0.15) is 0 Å². The molecule has 0 unspecified atom stereocenters. The summed E-state index contributed by atoms with van der Waals surface area (Å²) in [6.07, 6.45) is 2.75. The molecule has 1 saturated carbocycles. The molecule has 2 rings (SSSR count). The molecule has 1 aromatic carbocycles. The second kappa shape index (κ2) is 5.05. The Kier molecular flexibility index (Phi) is 3.67. The third-order valence-electron chi connectivity index (χ3n) is 3.67. The van der Waals surface area contributed by atoms with E-state index in [0.29, 0.717) is 19.4 Å². The Morgan fingerprint density at radius 1 is 1.35 bits per heavy atom. The predicted molar refractivity (Wildman–Crippen MR) is 70.0 cm³/mol. The van der Waals surface area contributed by atoms with Crippen molar-refractivity contribution in [1.82, 2.24) is 0 Å². The van der Waals surface area contributed by atoms with E-state index in [1.165, 1.54) is 0 Å². The topological polar surface area (TPSA) is 38.0 Å². The summed E-state index contributed by atoms with van der Waals surface area (Å²) in [5, 5.41) is 3.22. The van der Waals surface area contributed by atoms with Crippen molar-refractivity contribution >= 4 is 5.69 Å². The van der Waals surface area contributed by atoms with Crippen LogP contribution in [0.15, 0.2) is 24.3 Å². The third-order valence-corrected chi connectivity index (χ3v) is 3.67. The fourth-order valence-electron chi connectivity index (χ4n) is 2.36. The monoisotopic (exact) mass is 236 g/mol. The van der Waals surface area contributed by atoms with Gasteiger partial charge in [-0.25, -0.2) is 4.39 Å². The molecule has 0 bridgehead atoms. The van der Waals surface area contributed by atoms with E-state index in [2.05, 4.69) is 5.32 Å². The average molecular weight is 236 g/mol. The van der Waals surface area contributed by atoms with Gasteiger partial charge in [-0.1, -0.05) is 18.2 Å². The van der Waals surface area contributed by atoms with Crippen molar-refractivity contribution in [2.75, 3.05) is 11.9 Å². The van der Waals surface area contributed by atoms with Crippen LogP contribution in [0.1, 0.15) is 31.2 Å². The van der Waals surface area contributed by atoms with Gasteiger partial charge in [0.2, 0.25) is 0 Å². The standard InChI is InChI=1S/C14H21FN2/c1-11-4-2-3-5-13(11)17-10-14(15)8-6-12(16)7-9-14/h2-5,12,17H,6-10,16H2,1H3. The highest BCUT2D eigenvalue weighted by Gasteiger charge is 2.33. The number of hydrogen-bond donors (Lipinski definition) is 2. The van der Waals surface area contributed by atoms with Gasteiger partial charge in [0.05, 0.1) is 0 Å². The molecule has 0 heterocycles. The van der Waals surface area contributed by atoms with Crippen LogP contribution in [0.3, 0.4) is 0 Å². The largest absolute Gasteiger partial charge is 0.382 e. The first-order chi connectivity index (χ1) is 8.09. The first-order valence-electron chi connectivity index (χ1n) is 6.33. The Labute approximate surface area is 102 Å². The van der Waals surface area contributed by atoms with Gasteiger partial charge >= 0.3 is 0 Å². The maximum Gasteiger partial charge on any atom is 0.128 e. The van der Waals surface area contributed by atoms with Crippen LogP contribution >= 0.6 is 0 Å². The first kappa shape index (κ1) is 12.4. The van der Waals surface area contributed by atoms with Crippen LogP contribution in [0.2, 0.25) is 0 Å². The molecule has 1 fully saturated rings. The van der Waals surface area contributed by atoms with Gasteiger partial charge in [-0.3, -0.25) is 0 Å². The van der Waals surface area contributed by atoms with E-state index >= 15 is 0 Å². The summed E-state index contributed by atoms with van der Waals surface area (Å²) in [5.74, 6) is 0. The van der Waals surface area contributed by atoms with Gasteiger partial charge in [-0.15, -0.1) is 0 Å². The molecular weight excluding hydrogens is 215 g/mol. The summed E-state index contributed by atoms with van der Waals surface area (Å²) >= 11 is 0. The lowest BCUT2D eigenvalue weighted by Gasteiger charge is -2.33. The minimum Gasteiger partial charge on any atom is -0.382 e. The van der Waals surface area contributed by atoms with Gasteiger partial charge in [0.25, 0.3) is 0 Å². The minimum atomic E-state index is -1.09. The number of aryl methyl sites for hydroxylation is 1. The van der Waals surface area contributed by atoms with Crippen molar-refractivity contribution < 1.29 is 4.39 Å². The Balaban J connectivity index is 1.92. The number of nitrogens with one attached hydrogen (secondary N) is 1. The lowest BCUT2D eigenvalue weighted by atomic mass is 9.84. The second-order valence-electron chi connectivity index (χ2n) is 5.16. The average Bonchev–Trinajstić information content (AvgIpc) is 2.33. The number of nitrogens with two attached hydrogens (primary N) is 1. The number of alkyl halides is 1. The first-order valence-corrected chi connectivity index (χ1v) is 6.33. The van der Waals surface area contributed by atoms with Crippen molar-refractivity contribution in [1.29, 1.82) is 0 Å². The Hall–Kier alpha value is -1.09. The van der Waals surface area contributed by atoms with E-state index in [4.69, 9.17) is 5.73 Å². The lowest BCUT2D eigenvalue weighted by Crippen LogP contribution is -2.40. The van der Waals surface area contributed by atoms with Crippen LogP contribution in [0.5, 0.6) is 0 Å². The number of anilines is 1. The summed E-state index contributed by atoms with van der Waals surface area (Å²) in [4.78, 5) is 0. The van der Waals surface area contributed by atoms with Crippen molar-refractivity contribution in [2.45, 2.75) is 44.3 Å². The van der Waals surface area contributed by atoms with Crippen LogP contribution in [0, 0.1) is 6.92 Å². The maximum atomic E-state index is 14.4.